The monoisotopic (exact) mass is 613 g/mol. The summed E-state index contributed by atoms with van der Waals surface area (Å²) in [4.78, 5) is 25.0. The minimum Gasteiger partial charge on any atom is -0.486 e. The minimum atomic E-state index is -0.372. The van der Waals surface area contributed by atoms with Crippen LogP contribution in [0.25, 0.3) is 6.08 Å². The molecule has 0 amide bonds. The number of rotatable bonds is 11. The van der Waals surface area contributed by atoms with E-state index in [4.69, 9.17) is 10.5 Å². The molecular weight excluding hydrogens is 566 g/mol. The Bertz CT molecular complexity index is 1640. The number of fused-ring (bicyclic) bond motifs is 1. The molecule has 0 spiro atoms. The van der Waals surface area contributed by atoms with E-state index in [9.17, 15) is 9.59 Å². The van der Waals surface area contributed by atoms with Crippen molar-refractivity contribution in [3.8, 4) is 0 Å². The maximum Gasteiger partial charge on any atom is 0.196 e. The van der Waals surface area contributed by atoms with Gasteiger partial charge in [0.15, 0.2) is 12.1 Å². The van der Waals surface area contributed by atoms with E-state index in [1.807, 2.05) is 80.7 Å². The lowest BCUT2D eigenvalue weighted by atomic mass is 9.73. The average molecular weight is 614 g/mol. The first-order valence-electron chi connectivity index (χ1n) is 15.2. The third kappa shape index (κ3) is 10.2. The van der Waals surface area contributed by atoms with E-state index in [1.165, 1.54) is 11.6 Å². The third-order valence-electron chi connectivity index (χ3n) is 7.79. The summed E-state index contributed by atoms with van der Waals surface area (Å²) in [6.45, 7) is 25.2. The summed E-state index contributed by atoms with van der Waals surface area (Å²) in [7, 11) is 0. The number of aryl methyl sites for hydroxylation is 1. The lowest BCUT2D eigenvalue weighted by molar-refractivity contribution is -0.114. The van der Waals surface area contributed by atoms with Crippen LogP contribution in [0.2, 0.25) is 0 Å². The van der Waals surface area contributed by atoms with Crippen molar-refractivity contribution in [3.05, 3.63) is 180 Å². The molecule has 1 unspecified atom stereocenters. The maximum absolute atomic E-state index is 13.1. The Morgan fingerprint density at radius 2 is 1.74 bits per heavy atom. The van der Waals surface area contributed by atoms with Crippen molar-refractivity contribution in [2.45, 2.75) is 47.1 Å². The average Bonchev–Trinajstić information content (AvgIpc) is 3.13. The molecule has 0 fully saturated rings. The summed E-state index contributed by atoms with van der Waals surface area (Å²) in [6.07, 6.45) is 28.8. The highest BCUT2D eigenvalue weighted by atomic mass is 16.5. The zero-order chi connectivity index (χ0) is 34.3. The summed E-state index contributed by atoms with van der Waals surface area (Å²) in [5.41, 5.74) is 12.7. The SMILES string of the molecule is C=C/C=C\C=C/C1=CCC2OC(/C=C(/C=O)C(=O)C(=C/C=C)/C(C)=C\C)=CC(=C)C(C)(C)C2=C1.C=C/C=C\c1cc(N)ccc1C. The van der Waals surface area contributed by atoms with E-state index in [-0.39, 0.29) is 22.9 Å². The fourth-order valence-corrected chi connectivity index (χ4v) is 4.76. The van der Waals surface area contributed by atoms with Crippen LogP contribution in [0.4, 0.5) is 5.69 Å². The van der Waals surface area contributed by atoms with E-state index in [1.54, 1.807) is 24.3 Å². The van der Waals surface area contributed by atoms with Crippen LogP contribution < -0.4 is 5.73 Å². The van der Waals surface area contributed by atoms with Crippen molar-refractivity contribution < 1.29 is 14.3 Å². The number of hydrogen-bond donors (Lipinski definition) is 1. The molecule has 0 bridgehead atoms. The molecule has 1 heterocycles. The number of allylic oxidation sites excluding steroid dienone is 18. The summed E-state index contributed by atoms with van der Waals surface area (Å²) in [5.74, 6) is 0.0720. The number of ether oxygens (including phenoxy) is 1. The van der Waals surface area contributed by atoms with E-state index >= 15 is 0 Å². The topological polar surface area (TPSA) is 69.4 Å². The minimum absolute atomic E-state index is 0.0163. The van der Waals surface area contributed by atoms with Crippen LogP contribution >= 0.6 is 0 Å². The third-order valence-corrected chi connectivity index (χ3v) is 7.79. The van der Waals surface area contributed by atoms with E-state index < -0.39 is 0 Å². The van der Waals surface area contributed by atoms with Gasteiger partial charge >= 0.3 is 0 Å². The standard InChI is InChI=1S/C31H34O3.C11H13N/c1-8-11-12-13-15-24-16-17-29-28(19-24)31(6,7)23(5)18-26(34-29)20-25(21-32)30(33)27(14-9-2)22(4)10-3;1-3-4-5-10-8-11(12)7-6-9(10)2/h8-16,18-21,29H,1-2,5,17H2,3-4,6-7H3;3-8H,1,12H2,2H3/b12-11-,15-13-,22-10-,25-20-,27-14+;5-4-. The van der Waals surface area contributed by atoms with Gasteiger partial charge in [-0.3, -0.25) is 9.59 Å². The molecular formula is C42H47NO3. The molecule has 1 atom stereocenters. The van der Waals surface area contributed by atoms with E-state index in [0.717, 1.165) is 33.5 Å². The number of anilines is 1. The number of hydrogen-bond acceptors (Lipinski definition) is 4. The highest BCUT2D eigenvalue weighted by Crippen LogP contribution is 2.44. The Hall–Kier alpha value is -5.22. The van der Waals surface area contributed by atoms with Crippen LogP contribution in [-0.2, 0) is 14.3 Å². The van der Waals surface area contributed by atoms with Crippen LogP contribution in [0.3, 0.4) is 0 Å². The quantitative estimate of drug-likeness (QED) is 0.0673. The van der Waals surface area contributed by atoms with Crippen LogP contribution in [0.5, 0.6) is 0 Å². The summed E-state index contributed by atoms with van der Waals surface area (Å²) < 4.78 is 6.32. The molecule has 1 aliphatic heterocycles. The normalized spacial score (nSPS) is 18.4. The molecule has 0 radical (unpaired) electrons. The highest BCUT2D eigenvalue weighted by molar-refractivity contribution is 6.22. The Balaban J connectivity index is 0.000000512. The van der Waals surface area contributed by atoms with Gasteiger partial charge in [0.2, 0.25) is 0 Å². The lowest BCUT2D eigenvalue weighted by Gasteiger charge is -2.33. The van der Waals surface area contributed by atoms with Crippen molar-refractivity contribution in [2.75, 3.05) is 5.73 Å². The van der Waals surface area contributed by atoms with Gasteiger partial charge < -0.3 is 10.5 Å². The van der Waals surface area contributed by atoms with Gasteiger partial charge in [-0.2, -0.15) is 0 Å². The molecule has 4 heteroatoms. The van der Waals surface area contributed by atoms with Crippen molar-refractivity contribution in [2.24, 2.45) is 5.41 Å². The number of aldehydes is 1. The van der Waals surface area contributed by atoms with Crippen molar-refractivity contribution >= 4 is 23.8 Å². The zero-order valence-corrected chi connectivity index (χ0v) is 27.9. The molecule has 2 N–H and O–H groups in total. The second-order valence-corrected chi connectivity index (χ2v) is 11.4. The fourth-order valence-electron chi connectivity index (χ4n) is 4.76. The van der Waals surface area contributed by atoms with Crippen molar-refractivity contribution in [1.29, 1.82) is 0 Å². The Morgan fingerprint density at radius 1 is 1.02 bits per heavy atom. The van der Waals surface area contributed by atoms with Gasteiger partial charge in [0.05, 0.1) is 5.57 Å². The van der Waals surface area contributed by atoms with Gasteiger partial charge in [-0.25, -0.2) is 0 Å². The number of nitrogens with two attached hydrogens (primary N) is 1. The van der Waals surface area contributed by atoms with E-state index in [2.05, 4.69) is 59.2 Å². The number of carbonyl (C=O) groups excluding carboxylic acids is 2. The molecule has 46 heavy (non-hydrogen) atoms. The number of benzene rings is 1. The first kappa shape index (κ1) is 37.0. The largest absolute Gasteiger partial charge is 0.486 e. The predicted octanol–water partition coefficient (Wildman–Crippen LogP) is 9.96. The van der Waals surface area contributed by atoms with Gasteiger partial charge in [-0.05, 0) is 78.5 Å². The lowest BCUT2D eigenvalue weighted by Crippen LogP contribution is -2.27. The molecule has 0 saturated heterocycles. The summed E-state index contributed by atoms with van der Waals surface area (Å²) in [5, 5.41) is 0. The van der Waals surface area contributed by atoms with Crippen LogP contribution in [-0.4, -0.2) is 18.2 Å². The second-order valence-electron chi connectivity index (χ2n) is 11.4. The maximum atomic E-state index is 13.1. The molecule has 1 aromatic rings. The summed E-state index contributed by atoms with van der Waals surface area (Å²) >= 11 is 0. The molecule has 1 aromatic carbocycles. The Kier molecular flexibility index (Phi) is 14.4. The zero-order valence-electron chi connectivity index (χ0n) is 27.9. The van der Waals surface area contributed by atoms with Crippen molar-refractivity contribution in [1.82, 2.24) is 0 Å². The van der Waals surface area contributed by atoms with Crippen LogP contribution in [0, 0.1) is 12.3 Å². The van der Waals surface area contributed by atoms with Gasteiger partial charge in [0.1, 0.15) is 11.9 Å². The molecule has 4 nitrogen and oxygen atoms in total. The number of carbonyl (C=O) groups is 2. The summed E-state index contributed by atoms with van der Waals surface area (Å²) in [6, 6.07) is 5.87. The predicted molar refractivity (Wildman–Crippen MR) is 197 cm³/mol. The van der Waals surface area contributed by atoms with Gasteiger partial charge in [-0.1, -0.05) is 125 Å². The number of nitrogen functional groups attached to an aromatic ring is 1. The molecule has 3 rings (SSSR count). The molecule has 1 aliphatic carbocycles. The highest BCUT2D eigenvalue weighted by Gasteiger charge is 2.36. The molecule has 0 aromatic heterocycles. The van der Waals surface area contributed by atoms with Crippen molar-refractivity contribution in [3.63, 3.8) is 0 Å². The molecule has 2 aliphatic rings. The van der Waals surface area contributed by atoms with E-state index in [0.29, 0.717) is 24.0 Å². The number of Topliss-reactive ketones (excluding diaryl/α,β-unsaturated/α-hetero) is 1. The van der Waals surface area contributed by atoms with Crippen LogP contribution in [0.15, 0.2) is 169 Å². The fraction of sp³-hybridized carbons (Fsp3) is 0.190. The Morgan fingerprint density at radius 3 is 2.37 bits per heavy atom. The smallest absolute Gasteiger partial charge is 0.196 e. The second kappa shape index (κ2) is 17.9. The van der Waals surface area contributed by atoms with Crippen LogP contribution in [0.1, 0.15) is 45.2 Å². The Labute approximate surface area is 275 Å². The van der Waals surface area contributed by atoms with Gasteiger partial charge in [-0.15, -0.1) is 0 Å². The van der Waals surface area contributed by atoms with Gasteiger partial charge in [0.25, 0.3) is 0 Å². The van der Waals surface area contributed by atoms with Gasteiger partial charge in [0, 0.05) is 23.1 Å². The first-order valence-corrected chi connectivity index (χ1v) is 15.2. The molecule has 238 valence electrons. The molecule has 0 saturated carbocycles. The number of ketones is 1. The first-order chi connectivity index (χ1) is 21.9.